The molecule has 1 amide bonds. The third-order valence-electron chi connectivity index (χ3n) is 6.22. The van der Waals surface area contributed by atoms with Gasteiger partial charge in [-0.2, -0.15) is 0 Å². The van der Waals surface area contributed by atoms with Gasteiger partial charge >= 0.3 is 0 Å². The second-order valence-electron chi connectivity index (χ2n) is 8.26. The number of methoxy groups -OCH3 is 1. The van der Waals surface area contributed by atoms with Crippen LogP contribution in [0.25, 0.3) is 10.9 Å². The highest BCUT2D eigenvalue weighted by Gasteiger charge is 2.43. The van der Waals surface area contributed by atoms with E-state index < -0.39 is 5.82 Å². The molecule has 1 saturated heterocycles. The first-order chi connectivity index (χ1) is 15.4. The summed E-state index contributed by atoms with van der Waals surface area (Å²) < 4.78 is 20.7. The minimum atomic E-state index is -0.543. The van der Waals surface area contributed by atoms with Gasteiger partial charge in [-0.25, -0.2) is 14.4 Å². The summed E-state index contributed by atoms with van der Waals surface area (Å²) in [5.74, 6) is 0.662. The van der Waals surface area contributed by atoms with Crippen LogP contribution in [0, 0.1) is 5.82 Å². The van der Waals surface area contributed by atoms with Crippen molar-refractivity contribution in [3.63, 3.8) is 0 Å². The summed E-state index contributed by atoms with van der Waals surface area (Å²) in [7, 11) is 5.39. The number of likely N-dealkylation sites (tertiary alicyclic amines) is 1. The van der Waals surface area contributed by atoms with E-state index in [0.29, 0.717) is 28.1 Å². The van der Waals surface area contributed by atoms with Gasteiger partial charge in [0.25, 0.3) is 5.91 Å². The van der Waals surface area contributed by atoms with Crippen LogP contribution in [0.4, 0.5) is 15.9 Å². The van der Waals surface area contributed by atoms with Gasteiger partial charge < -0.3 is 19.9 Å². The van der Waals surface area contributed by atoms with Crippen molar-refractivity contribution in [1.82, 2.24) is 15.3 Å². The van der Waals surface area contributed by atoms with Crippen LogP contribution >= 0.6 is 11.6 Å². The number of likely N-dealkylation sites (N-methyl/N-ethyl adjacent to an activating group) is 2. The van der Waals surface area contributed by atoms with Crippen molar-refractivity contribution < 1.29 is 18.4 Å². The zero-order valence-corrected chi connectivity index (χ0v) is 19.0. The van der Waals surface area contributed by atoms with Crippen LogP contribution in [0.2, 0.25) is 5.02 Å². The predicted octanol–water partition coefficient (Wildman–Crippen LogP) is 4.03. The fourth-order valence-electron chi connectivity index (χ4n) is 4.54. The number of nitrogens with zero attached hydrogens (tertiary/aromatic N) is 3. The van der Waals surface area contributed by atoms with Crippen LogP contribution in [0.15, 0.2) is 36.7 Å². The number of hydrogen-bond donors (Lipinski definition) is 2. The average molecular weight is 459 g/mol. The summed E-state index contributed by atoms with van der Waals surface area (Å²) >= 11 is 5.93. The summed E-state index contributed by atoms with van der Waals surface area (Å²) in [6, 6.07) is 8.45. The lowest BCUT2D eigenvalue weighted by Gasteiger charge is -2.35. The number of halogens is 2. The molecule has 3 aromatic rings. The molecule has 0 radical (unpaired) electrons. The van der Waals surface area contributed by atoms with Crippen LogP contribution < -0.4 is 15.4 Å². The second kappa shape index (κ2) is 8.88. The second-order valence-corrected chi connectivity index (χ2v) is 8.67. The zero-order chi connectivity index (χ0) is 22.9. The van der Waals surface area contributed by atoms with Crippen LogP contribution in [-0.4, -0.2) is 54.1 Å². The Labute approximate surface area is 191 Å². The third kappa shape index (κ3) is 4.08. The standard InChI is InChI=1S/C23H25ClFN5O2/c1-26-23(31)19-8-5-9-30(19,2)12-14-10-15-18(11-20(14)32-3)27-13-28-22(15)29-17-7-4-6-16(24)21(17)25/h4,6-7,10-11,13,19H,5,8-9,12H2,1-3H3,(H-,26,27,28,29,31)/p+1/t19-,30?/m0/s1. The minimum absolute atomic E-state index is 0.0300. The third-order valence-corrected chi connectivity index (χ3v) is 6.51. The van der Waals surface area contributed by atoms with Gasteiger partial charge in [0.2, 0.25) is 0 Å². The van der Waals surface area contributed by atoms with E-state index in [0.717, 1.165) is 30.3 Å². The molecule has 0 spiro atoms. The van der Waals surface area contributed by atoms with E-state index in [4.69, 9.17) is 16.3 Å². The molecule has 0 aliphatic carbocycles. The Morgan fingerprint density at radius 3 is 2.91 bits per heavy atom. The van der Waals surface area contributed by atoms with Crippen LogP contribution in [0.3, 0.4) is 0 Å². The maximum Gasteiger partial charge on any atom is 0.278 e. The van der Waals surface area contributed by atoms with Crippen LogP contribution in [0.5, 0.6) is 5.75 Å². The van der Waals surface area contributed by atoms with Crippen LogP contribution in [0.1, 0.15) is 18.4 Å². The number of anilines is 2. The lowest BCUT2D eigenvalue weighted by molar-refractivity contribution is -0.925. The number of amides is 1. The summed E-state index contributed by atoms with van der Waals surface area (Å²) in [4.78, 5) is 21.2. The molecule has 168 valence electrons. The molecular weight excluding hydrogens is 433 g/mol. The number of hydrogen-bond acceptors (Lipinski definition) is 5. The molecule has 32 heavy (non-hydrogen) atoms. The lowest BCUT2D eigenvalue weighted by atomic mass is 10.1. The van der Waals surface area contributed by atoms with E-state index in [2.05, 4.69) is 27.6 Å². The Morgan fingerprint density at radius 1 is 1.34 bits per heavy atom. The molecule has 1 aliphatic heterocycles. The number of quaternary nitrogens is 1. The molecule has 1 unspecified atom stereocenters. The molecular formula is C23H26ClFN5O2+. The number of carbonyl (C=O) groups is 1. The van der Waals surface area contributed by atoms with Gasteiger partial charge in [-0.1, -0.05) is 17.7 Å². The topological polar surface area (TPSA) is 76.1 Å². The highest BCUT2D eigenvalue weighted by atomic mass is 35.5. The number of benzene rings is 2. The molecule has 1 aromatic heterocycles. The molecule has 2 aromatic carbocycles. The monoisotopic (exact) mass is 458 g/mol. The molecule has 2 atom stereocenters. The molecule has 2 N–H and O–H groups in total. The highest BCUT2D eigenvalue weighted by molar-refractivity contribution is 6.31. The number of ether oxygens (including phenoxy) is 1. The Morgan fingerprint density at radius 2 is 2.16 bits per heavy atom. The van der Waals surface area contributed by atoms with Gasteiger partial charge in [0.15, 0.2) is 11.9 Å². The SMILES string of the molecule is CNC(=O)[C@@H]1CCC[N+]1(C)Cc1cc2c(Nc3cccc(Cl)c3F)ncnc2cc1OC. The van der Waals surface area contributed by atoms with Gasteiger partial charge in [0.1, 0.15) is 24.4 Å². The fourth-order valence-corrected chi connectivity index (χ4v) is 4.72. The van der Waals surface area contributed by atoms with Crippen molar-refractivity contribution in [3.8, 4) is 5.75 Å². The summed E-state index contributed by atoms with van der Waals surface area (Å²) in [5, 5.41) is 6.59. The van der Waals surface area contributed by atoms with Gasteiger partial charge in [-0.3, -0.25) is 4.79 Å². The van der Waals surface area contributed by atoms with Crippen LogP contribution in [-0.2, 0) is 11.3 Å². The number of rotatable bonds is 6. The maximum absolute atomic E-state index is 14.5. The molecule has 1 fully saturated rings. The van der Waals surface area contributed by atoms with Crippen molar-refractivity contribution in [2.24, 2.45) is 0 Å². The first-order valence-electron chi connectivity index (χ1n) is 10.4. The summed E-state index contributed by atoms with van der Waals surface area (Å²) in [6.07, 6.45) is 3.24. The van der Waals surface area contributed by atoms with E-state index in [1.165, 1.54) is 12.4 Å². The van der Waals surface area contributed by atoms with Gasteiger partial charge in [-0.15, -0.1) is 0 Å². The van der Waals surface area contributed by atoms with E-state index >= 15 is 0 Å². The molecule has 7 nitrogen and oxygen atoms in total. The van der Waals surface area contributed by atoms with Crippen molar-refractivity contribution in [2.45, 2.75) is 25.4 Å². The smallest absolute Gasteiger partial charge is 0.278 e. The number of fused-ring (bicyclic) bond motifs is 1. The number of nitrogens with one attached hydrogen (secondary N) is 2. The van der Waals surface area contributed by atoms with Crippen molar-refractivity contribution in [3.05, 3.63) is 53.1 Å². The minimum Gasteiger partial charge on any atom is -0.496 e. The molecule has 0 saturated carbocycles. The molecule has 9 heteroatoms. The largest absolute Gasteiger partial charge is 0.496 e. The molecule has 1 aliphatic rings. The van der Waals surface area contributed by atoms with Gasteiger partial charge in [-0.05, 0) is 18.2 Å². The first-order valence-corrected chi connectivity index (χ1v) is 10.8. The normalized spacial score (nSPS) is 20.3. The lowest BCUT2D eigenvalue weighted by Crippen LogP contribution is -2.53. The van der Waals surface area contributed by atoms with E-state index in [1.807, 2.05) is 12.1 Å². The summed E-state index contributed by atoms with van der Waals surface area (Å²) in [6.45, 7) is 1.50. The summed E-state index contributed by atoms with van der Waals surface area (Å²) in [5.41, 5.74) is 1.83. The Balaban J connectivity index is 1.76. The predicted molar refractivity (Wildman–Crippen MR) is 123 cm³/mol. The van der Waals surface area contributed by atoms with Crippen molar-refractivity contribution >= 4 is 39.9 Å². The van der Waals surface area contributed by atoms with Gasteiger partial charge in [0.05, 0.1) is 36.9 Å². The van der Waals surface area contributed by atoms with E-state index in [9.17, 15) is 9.18 Å². The van der Waals surface area contributed by atoms with Gasteiger partial charge in [0, 0.05) is 36.9 Å². The van der Waals surface area contributed by atoms with Crippen molar-refractivity contribution in [1.29, 1.82) is 0 Å². The van der Waals surface area contributed by atoms with E-state index in [1.54, 1.807) is 26.3 Å². The maximum atomic E-state index is 14.5. The Kier molecular flexibility index (Phi) is 6.17. The zero-order valence-electron chi connectivity index (χ0n) is 18.3. The molecule has 2 heterocycles. The number of carbonyl (C=O) groups excluding carboxylic acids is 1. The van der Waals surface area contributed by atoms with Crippen molar-refractivity contribution in [2.75, 3.05) is 33.1 Å². The number of aromatic nitrogens is 2. The molecule has 0 bridgehead atoms. The first kappa shape index (κ1) is 22.2. The highest BCUT2D eigenvalue weighted by Crippen LogP contribution is 2.35. The van der Waals surface area contributed by atoms with E-state index in [-0.39, 0.29) is 22.7 Å². The quantitative estimate of drug-likeness (QED) is 0.545. The molecule has 4 rings (SSSR count). The Bertz CT molecular complexity index is 1170. The fraction of sp³-hybridized carbons (Fsp3) is 0.348. The Hall–Kier alpha value is -2.97. The average Bonchev–Trinajstić information content (AvgIpc) is 3.17.